The Kier molecular flexibility index (Phi) is 5.25. The number of rotatable bonds is 3. The van der Waals surface area contributed by atoms with Gasteiger partial charge >= 0.3 is 6.18 Å². The lowest BCUT2D eigenvalue weighted by atomic mass is 10.0. The first-order valence-corrected chi connectivity index (χ1v) is 6.32. The summed E-state index contributed by atoms with van der Waals surface area (Å²) >= 11 is 0. The van der Waals surface area contributed by atoms with Crippen LogP contribution >= 0.6 is 0 Å². The van der Waals surface area contributed by atoms with Crippen molar-refractivity contribution in [3.8, 4) is 0 Å². The fourth-order valence-corrected chi connectivity index (χ4v) is 2.38. The second-order valence-electron chi connectivity index (χ2n) is 5.46. The highest BCUT2D eigenvalue weighted by atomic mass is 19.4. The molecule has 0 aliphatic carbocycles. The highest BCUT2D eigenvalue weighted by Crippen LogP contribution is 2.21. The third-order valence-corrected chi connectivity index (χ3v) is 3.21. The van der Waals surface area contributed by atoms with E-state index in [4.69, 9.17) is 0 Å². The van der Waals surface area contributed by atoms with Crippen LogP contribution in [0.3, 0.4) is 0 Å². The fraction of sp³-hybridized carbons (Fsp3) is 1.00. The number of alkyl halides is 3. The Morgan fingerprint density at radius 3 is 2.53 bits per heavy atom. The monoisotopic (exact) mass is 252 g/mol. The van der Waals surface area contributed by atoms with E-state index < -0.39 is 12.7 Å². The highest BCUT2D eigenvalue weighted by molar-refractivity contribution is 4.82. The molecule has 1 rings (SSSR count). The molecule has 0 saturated carbocycles. The number of hydrogen-bond acceptors (Lipinski definition) is 2. The summed E-state index contributed by atoms with van der Waals surface area (Å²) in [4.78, 5) is 1.56. The maximum Gasteiger partial charge on any atom is 0.401 e. The zero-order valence-electron chi connectivity index (χ0n) is 10.8. The summed E-state index contributed by atoms with van der Waals surface area (Å²) in [5.74, 6) is 0.508. The van der Waals surface area contributed by atoms with E-state index in [-0.39, 0.29) is 12.1 Å². The van der Waals surface area contributed by atoms with Crippen molar-refractivity contribution < 1.29 is 13.2 Å². The van der Waals surface area contributed by atoms with Crippen LogP contribution in [0.5, 0.6) is 0 Å². The average molecular weight is 252 g/mol. The molecule has 2 unspecified atom stereocenters. The number of hydrogen-bond donors (Lipinski definition) is 1. The van der Waals surface area contributed by atoms with E-state index in [1.165, 1.54) is 0 Å². The van der Waals surface area contributed by atoms with Gasteiger partial charge in [0.1, 0.15) is 0 Å². The van der Waals surface area contributed by atoms with E-state index in [9.17, 15) is 13.2 Å². The number of halogens is 3. The Morgan fingerprint density at radius 2 is 2.00 bits per heavy atom. The van der Waals surface area contributed by atoms with Gasteiger partial charge < -0.3 is 5.32 Å². The highest BCUT2D eigenvalue weighted by Gasteiger charge is 2.34. The Labute approximate surface area is 102 Å². The van der Waals surface area contributed by atoms with Crippen molar-refractivity contribution in [1.29, 1.82) is 0 Å². The standard InChI is InChI=1S/C12H23F3N2/c1-9(2)6-11-7-17(8-12(13,14)15)10(3)4-5-16-11/h9-11,16H,4-8H2,1-3H3. The normalized spacial score (nSPS) is 28.4. The summed E-state index contributed by atoms with van der Waals surface area (Å²) in [5.41, 5.74) is 0. The summed E-state index contributed by atoms with van der Waals surface area (Å²) in [6.45, 7) is 6.61. The zero-order chi connectivity index (χ0) is 13.1. The molecule has 17 heavy (non-hydrogen) atoms. The van der Waals surface area contributed by atoms with Gasteiger partial charge in [0.15, 0.2) is 0 Å². The summed E-state index contributed by atoms with van der Waals surface area (Å²) in [6.07, 6.45) is -2.38. The van der Waals surface area contributed by atoms with Gasteiger partial charge in [0.2, 0.25) is 0 Å². The second kappa shape index (κ2) is 6.05. The molecule has 2 atom stereocenters. The molecule has 0 amide bonds. The van der Waals surface area contributed by atoms with E-state index in [0.29, 0.717) is 12.5 Å². The predicted molar refractivity (Wildman–Crippen MR) is 63.0 cm³/mol. The molecule has 0 aromatic carbocycles. The molecule has 1 aliphatic rings. The molecule has 0 bridgehead atoms. The molecule has 1 aliphatic heterocycles. The smallest absolute Gasteiger partial charge is 0.313 e. The van der Waals surface area contributed by atoms with Crippen molar-refractivity contribution in [2.75, 3.05) is 19.6 Å². The summed E-state index contributed by atoms with van der Waals surface area (Å²) in [6, 6.07) is 0.184. The quantitative estimate of drug-likeness (QED) is 0.830. The first-order valence-electron chi connectivity index (χ1n) is 6.32. The lowest BCUT2D eigenvalue weighted by Gasteiger charge is -2.30. The van der Waals surface area contributed by atoms with Gasteiger partial charge in [-0.25, -0.2) is 0 Å². The second-order valence-corrected chi connectivity index (χ2v) is 5.46. The van der Waals surface area contributed by atoms with Gasteiger partial charge in [-0.15, -0.1) is 0 Å². The molecule has 0 radical (unpaired) electrons. The van der Waals surface area contributed by atoms with Crippen LogP contribution in [0, 0.1) is 5.92 Å². The zero-order valence-corrected chi connectivity index (χ0v) is 10.8. The van der Waals surface area contributed by atoms with Crippen LogP contribution in [-0.2, 0) is 0 Å². The van der Waals surface area contributed by atoms with Gasteiger partial charge in [-0.3, -0.25) is 4.90 Å². The van der Waals surface area contributed by atoms with Gasteiger partial charge in [-0.1, -0.05) is 13.8 Å². The minimum Gasteiger partial charge on any atom is -0.313 e. The minimum absolute atomic E-state index is 0.00119. The first-order chi connectivity index (χ1) is 7.78. The van der Waals surface area contributed by atoms with Crippen molar-refractivity contribution in [3.63, 3.8) is 0 Å². The van der Waals surface area contributed by atoms with E-state index in [1.54, 1.807) is 4.90 Å². The Balaban J connectivity index is 2.58. The van der Waals surface area contributed by atoms with E-state index >= 15 is 0 Å². The van der Waals surface area contributed by atoms with Crippen LogP contribution < -0.4 is 5.32 Å². The Bertz CT molecular complexity index is 228. The molecular formula is C12H23F3N2. The molecule has 1 N–H and O–H groups in total. The molecule has 0 spiro atoms. The third kappa shape index (κ3) is 5.73. The van der Waals surface area contributed by atoms with Gasteiger partial charge in [-0.2, -0.15) is 13.2 Å². The molecule has 1 saturated heterocycles. The lowest BCUT2D eigenvalue weighted by Crippen LogP contribution is -2.44. The molecular weight excluding hydrogens is 229 g/mol. The maximum absolute atomic E-state index is 12.5. The average Bonchev–Trinajstić information content (AvgIpc) is 2.26. The van der Waals surface area contributed by atoms with Crippen molar-refractivity contribution in [1.82, 2.24) is 10.2 Å². The van der Waals surface area contributed by atoms with Crippen molar-refractivity contribution in [3.05, 3.63) is 0 Å². The topological polar surface area (TPSA) is 15.3 Å². The molecule has 0 aromatic rings. The fourth-order valence-electron chi connectivity index (χ4n) is 2.38. The minimum atomic E-state index is -4.10. The van der Waals surface area contributed by atoms with Crippen molar-refractivity contribution in [2.45, 2.75) is 51.9 Å². The molecule has 2 nitrogen and oxygen atoms in total. The molecule has 5 heteroatoms. The number of nitrogens with one attached hydrogen (secondary N) is 1. The largest absolute Gasteiger partial charge is 0.401 e. The Morgan fingerprint density at radius 1 is 1.35 bits per heavy atom. The summed E-state index contributed by atoms with van der Waals surface area (Å²) < 4.78 is 37.4. The first kappa shape index (κ1) is 14.8. The van der Waals surface area contributed by atoms with E-state index in [2.05, 4.69) is 19.2 Å². The van der Waals surface area contributed by atoms with E-state index in [1.807, 2.05) is 6.92 Å². The van der Waals surface area contributed by atoms with Gasteiger partial charge in [0.25, 0.3) is 0 Å². The van der Waals surface area contributed by atoms with Crippen LogP contribution in [0.4, 0.5) is 13.2 Å². The molecule has 1 heterocycles. The Hall–Kier alpha value is -0.290. The van der Waals surface area contributed by atoms with Crippen LogP contribution in [0.2, 0.25) is 0 Å². The van der Waals surface area contributed by atoms with Crippen LogP contribution in [-0.4, -0.2) is 42.8 Å². The van der Waals surface area contributed by atoms with Crippen molar-refractivity contribution >= 4 is 0 Å². The molecule has 1 fully saturated rings. The van der Waals surface area contributed by atoms with Gasteiger partial charge in [-0.05, 0) is 32.2 Å². The van der Waals surface area contributed by atoms with Gasteiger partial charge in [0.05, 0.1) is 6.54 Å². The van der Waals surface area contributed by atoms with Crippen LogP contribution in [0.25, 0.3) is 0 Å². The SMILES string of the molecule is CC(C)CC1CN(CC(F)(F)F)C(C)CCN1. The lowest BCUT2D eigenvalue weighted by molar-refractivity contribution is -0.150. The summed E-state index contributed by atoms with van der Waals surface area (Å²) in [5, 5.41) is 3.35. The van der Waals surface area contributed by atoms with E-state index in [0.717, 1.165) is 19.4 Å². The van der Waals surface area contributed by atoms with Crippen LogP contribution in [0.15, 0.2) is 0 Å². The molecule has 0 aromatic heterocycles. The predicted octanol–water partition coefficient (Wildman–Crippen LogP) is 2.65. The van der Waals surface area contributed by atoms with Crippen LogP contribution in [0.1, 0.15) is 33.6 Å². The van der Waals surface area contributed by atoms with Crippen molar-refractivity contribution in [2.24, 2.45) is 5.92 Å². The maximum atomic E-state index is 12.5. The summed E-state index contributed by atoms with van der Waals surface area (Å²) in [7, 11) is 0. The number of nitrogens with zero attached hydrogens (tertiary/aromatic N) is 1. The third-order valence-electron chi connectivity index (χ3n) is 3.21. The van der Waals surface area contributed by atoms with Gasteiger partial charge in [0, 0.05) is 18.6 Å². The molecule has 102 valence electrons.